The zero-order chi connectivity index (χ0) is 22.1. The third-order valence-electron chi connectivity index (χ3n) is 5.80. The quantitative estimate of drug-likeness (QED) is 0.559. The molecule has 1 aliphatic rings. The molecule has 0 atom stereocenters. The summed E-state index contributed by atoms with van der Waals surface area (Å²) in [4.78, 5) is 28.2. The average Bonchev–Trinajstić information content (AvgIpc) is 3.01. The van der Waals surface area contributed by atoms with Gasteiger partial charge in [-0.15, -0.1) is 0 Å². The summed E-state index contributed by atoms with van der Waals surface area (Å²) in [7, 11) is 0. The fourth-order valence-corrected chi connectivity index (χ4v) is 3.70. The number of imide groups is 1. The Labute approximate surface area is 183 Å². The van der Waals surface area contributed by atoms with Crippen molar-refractivity contribution in [3.8, 4) is 0 Å². The molecule has 1 aliphatic heterocycles. The molecule has 31 heavy (non-hydrogen) atoms. The van der Waals surface area contributed by atoms with Crippen LogP contribution in [0, 0.1) is 20.8 Å². The molecule has 0 radical (unpaired) electrons. The van der Waals surface area contributed by atoms with E-state index in [2.05, 4.69) is 12.2 Å². The molecule has 0 unspecified atom stereocenters. The summed E-state index contributed by atoms with van der Waals surface area (Å²) in [5.74, 6) is -0.659. The smallest absolute Gasteiger partial charge is 0.282 e. The Kier molecular flexibility index (Phi) is 5.47. The van der Waals surface area contributed by atoms with E-state index in [4.69, 9.17) is 0 Å². The summed E-state index contributed by atoms with van der Waals surface area (Å²) in [6.45, 7) is 8.08. The van der Waals surface area contributed by atoms with E-state index in [-0.39, 0.29) is 11.8 Å². The van der Waals surface area contributed by atoms with Crippen LogP contribution in [0.25, 0.3) is 5.57 Å². The summed E-state index contributed by atoms with van der Waals surface area (Å²) in [6, 6.07) is 21.3. The van der Waals surface area contributed by atoms with Crippen LogP contribution in [0.1, 0.15) is 34.7 Å². The van der Waals surface area contributed by atoms with Gasteiger partial charge in [-0.1, -0.05) is 55.0 Å². The number of anilines is 2. The molecule has 3 aromatic carbocycles. The number of nitrogens with one attached hydrogen (secondary N) is 1. The SMILES string of the molecule is CCc1ccc(NC2=C(c3ccc(C)cc3)C(=O)N(c3ccc(C)c(C)c3)C2=O)cc1. The molecule has 0 saturated carbocycles. The second-order valence-electron chi connectivity index (χ2n) is 8.01. The Bertz CT molecular complexity index is 1190. The molecule has 0 spiro atoms. The van der Waals surface area contributed by atoms with Gasteiger partial charge in [0.25, 0.3) is 11.8 Å². The number of carbonyl (C=O) groups excluding carboxylic acids is 2. The number of carbonyl (C=O) groups is 2. The van der Waals surface area contributed by atoms with Gasteiger partial charge in [0.15, 0.2) is 0 Å². The van der Waals surface area contributed by atoms with Gasteiger partial charge >= 0.3 is 0 Å². The molecule has 4 heteroatoms. The fraction of sp³-hybridized carbons (Fsp3) is 0.185. The first-order valence-corrected chi connectivity index (χ1v) is 10.5. The largest absolute Gasteiger partial charge is 0.350 e. The lowest BCUT2D eigenvalue weighted by molar-refractivity contribution is -0.120. The molecule has 1 heterocycles. The lowest BCUT2D eigenvalue weighted by atomic mass is 10.0. The van der Waals surface area contributed by atoms with E-state index in [1.165, 1.54) is 10.5 Å². The van der Waals surface area contributed by atoms with Crippen molar-refractivity contribution in [3.05, 3.63) is 100 Å². The van der Waals surface area contributed by atoms with E-state index in [0.29, 0.717) is 17.0 Å². The molecule has 0 aromatic heterocycles. The summed E-state index contributed by atoms with van der Waals surface area (Å²) < 4.78 is 0. The Morgan fingerprint density at radius 2 is 1.45 bits per heavy atom. The van der Waals surface area contributed by atoms with E-state index < -0.39 is 0 Å². The zero-order valence-corrected chi connectivity index (χ0v) is 18.3. The number of hydrogen-bond donors (Lipinski definition) is 1. The summed E-state index contributed by atoms with van der Waals surface area (Å²) >= 11 is 0. The summed E-state index contributed by atoms with van der Waals surface area (Å²) in [5, 5.41) is 3.23. The van der Waals surface area contributed by atoms with Crippen LogP contribution in [0.15, 0.2) is 72.4 Å². The molecular weight excluding hydrogens is 384 g/mol. The van der Waals surface area contributed by atoms with Gasteiger partial charge < -0.3 is 5.32 Å². The van der Waals surface area contributed by atoms with Crippen LogP contribution < -0.4 is 10.2 Å². The maximum atomic E-state index is 13.5. The number of nitrogens with zero attached hydrogens (tertiary/aromatic N) is 1. The number of amides is 2. The lowest BCUT2D eigenvalue weighted by Gasteiger charge is -2.17. The normalized spacial score (nSPS) is 13.9. The first-order chi connectivity index (χ1) is 14.9. The first kappa shape index (κ1) is 20.6. The van der Waals surface area contributed by atoms with Gasteiger partial charge in [0.1, 0.15) is 5.70 Å². The number of aryl methyl sites for hydroxylation is 4. The van der Waals surface area contributed by atoms with Gasteiger partial charge in [-0.25, -0.2) is 4.90 Å². The Morgan fingerprint density at radius 1 is 0.774 bits per heavy atom. The third-order valence-corrected chi connectivity index (χ3v) is 5.80. The molecule has 0 aliphatic carbocycles. The first-order valence-electron chi connectivity index (χ1n) is 10.5. The Balaban J connectivity index is 1.80. The van der Waals surface area contributed by atoms with Gasteiger partial charge in [0.05, 0.1) is 11.3 Å². The van der Waals surface area contributed by atoms with Crippen molar-refractivity contribution >= 4 is 28.8 Å². The fourth-order valence-electron chi connectivity index (χ4n) is 3.70. The van der Waals surface area contributed by atoms with Crippen LogP contribution in [-0.2, 0) is 16.0 Å². The van der Waals surface area contributed by atoms with Crippen molar-refractivity contribution in [2.45, 2.75) is 34.1 Å². The van der Waals surface area contributed by atoms with E-state index in [0.717, 1.165) is 34.4 Å². The third kappa shape index (κ3) is 3.89. The highest BCUT2D eigenvalue weighted by molar-refractivity contribution is 6.46. The highest BCUT2D eigenvalue weighted by Gasteiger charge is 2.40. The van der Waals surface area contributed by atoms with E-state index in [9.17, 15) is 9.59 Å². The molecule has 0 fully saturated rings. The topological polar surface area (TPSA) is 49.4 Å². The Morgan fingerprint density at radius 3 is 2.06 bits per heavy atom. The van der Waals surface area contributed by atoms with Crippen LogP contribution in [0.4, 0.5) is 11.4 Å². The van der Waals surface area contributed by atoms with E-state index in [1.807, 2.05) is 87.5 Å². The zero-order valence-electron chi connectivity index (χ0n) is 18.3. The standard InChI is InChI=1S/C27H26N2O2/c1-5-20-9-13-22(14-10-20)28-25-24(21-11-6-17(2)7-12-21)26(30)29(27(25)31)23-15-8-18(3)19(4)16-23/h6-16,28H,5H2,1-4H3. The predicted molar refractivity (Wildman–Crippen MR) is 126 cm³/mol. The lowest BCUT2D eigenvalue weighted by Crippen LogP contribution is -2.32. The van der Waals surface area contributed by atoms with Gasteiger partial charge in [-0.2, -0.15) is 0 Å². The maximum Gasteiger partial charge on any atom is 0.282 e. The monoisotopic (exact) mass is 410 g/mol. The van der Waals surface area contributed by atoms with Crippen LogP contribution >= 0.6 is 0 Å². The van der Waals surface area contributed by atoms with Gasteiger partial charge in [-0.3, -0.25) is 9.59 Å². The second-order valence-corrected chi connectivity index (χ2v) is 8.01. The van der Waals surface area contributed by atoms with Crippen LogP contribution in [0.5, 0.6) is 0 Å². The maximum absolute atomic E-state index is 13.5. The highest BCUT2D eigenvalue weighted by Crippen LogP contribution is 2.34. The second kappa shape index (κ2) is 8.23. The van der Waals surface area contributed by atoms with E-state index in [1.54, 1.807) is 0 Å². The predicted octanol–water partition coefficient (Wildman–Crippen LogP) is 5.57. The van der Waals surface area contributed by atoms with Crippen molar-refractivity contribution in [1.82, 2.24) is 0 Å². The molecule has 1 N–H and O–H groups in total. The van der Waals surface area contributed by atoms with Crippen molar-refractivity contribution in [3.63, 3.8) is 0 Å². The van der Waals surface area contributed by atoms with E-state index >= 15 is 0 Å². The molecular formula is C27H26N2O2. The molecule has 4 rings (SSSR count). The molecule has 0 bridgehead atoms. The molecule has 2 amide bonds. The van der Waals surface area contributed by atoms with Crippen molar-refractivity contribution in [1.29, 1.82) is 0 Å². The Hall–Kier alpha value is -3.66. The van der Waals surface area contributed by atoms with Crippen LogP contribution in [0.2, 0.25) is 0 Å². The minimum atomic E-state index is -0.344. The van der Waals surface area contributed by atoms with Crippen molar-refractivity contribution in [2.75, 3.05) is 10.2 Å². The molecule has 3 aromatic rings. The molecule has 0 saturated heterocycles. The van der Waals surface area contributed by atoms with Gasteiger partial charge in [-0.05, 0) is 73.7 Å². The van der Waals surface area contributed by atoms with Gasteiger partial charge in [0, 0.05) is 5.69 Å². The number of benzene rings is 3. The van der Waals surface area contributed by atoms with Crippen LogP contribution in [0.3, 0.4) is 0 Å². The van der Waals surface area contributed by atoms with Gasteiger partial charge in [0.2, 0.25) is 0 Å². The number of hydrogen-bond acceptors (Lipinski definition) is 3. The molecule has 4 nitrogen and oxygen atoms in total. The molecule has 156 valence electrons. The minimum Gasteiger partial charge on any atom is -0.350 e. The summed E-state index contributed by atoms with van der Waals surface area (Å²) in [5.41, 5.74) is 7.24. The van der Waals surface area contributed by atoms with Crippen LogP contribution in [-0.4, -0.2) is 11.8 Å². The average molecular weight is 411 g/mol. The number of rotatable bonds is 5. The van der Waals surface area contributed by atoms with Crippen molar-refractivity contribution < 1.29 is 9.59 Å². The highest BCUT2D eigenvalue weighted by atomic mass is 16.2. The summed E-state index contributed by atoms with van der Waals surface area (Å²) in [6.07, 6.45) is 0.940. The van der Waals surface area contributed by atoms with Crippen molar-refractivity contribution in [2.24, 2.45) is 0 Å². The minimum absolute atomic E-state index is 0.302.